The SMILES string of the molecule is NC1C(O)C(N)C(O)C(N)C1O.NC1C(O)C(N)C(O)C(N)C1O.O=S(=O)(O)O.O=S(=O)(O)O.O=S(=O)(O)O. The van der Waals surface area contributed by atoms with Crippen LogP contribution in [0.25, 0.3) is 0 Å². The molecule has 2 saturated carbocycles. The minimum absolute atomic E-state index is 0.890. The van der Waals surface area contributed by atoms with Crippen molar-refractivity contribution >= 4 is 31.2 Å². The Balaban J connectivity index is -0.000000447. The van der Waals surface area contributed by atoms with Crippen LogP contribution in [-0.2, 0) is 31.2 Å². The zero-order valence-corrected chi connectivity index (χ0v) is 21.9. The lowest BCUT2D eigenvalue weighted by molar-refractivity contribution is -0.0703. The lowest BCUT2D eigenvalue weighted by Crippen LogP contribution is -2.71. The van der Waals surface area contributed by atoms with Gasteiger partial charge in [0.2, 0.25) is 0 Å². The quantitative estimate of drug-likeness (QED) is 0.108. The molecule has 24 nitrogen and oxygen atoms in total. The molecule has 2 aliphatic carbocycles. The number of hydrogen-bond donors (Lipinski definition) is 18. The van der Waals surface area contributed by atoms with Gasteiger partial charge in [0.15, 0.2) is 0 Å². The van der Waals surface area contributed by atoms with E-state index in [4.69, 9.17) is 87.0 Å². The maximum Gasteiger partial charge on any atom is 0.394 e. The minimum Gasteiger partial charge on any atom is -0.390 e. The third-order valence-corrected chi connectivity index (χ3v) is 4.73. The van der Waals surface area contributed by atoms with Gasteiger partial charge in [0.25, 0.3) is 0 Å². The fourth-order valence-corrected chi connectivity index (χ4v) is 2.75. The molecular weight excluding hydrogens is 612 g/mol. The van der Waals surface area contributed by atoms with Crippen molar-refractivity contribution in [2.24, 2.45) is 34.4 Å². The van der Waals surface area contributed by atoms with Crippen LogP contribution >= 0.6 is 0 Å². The largest absolute Gasteiger partial charge is 0.394 e. The summed E-state index contributed by atoms with van der Waals surface area (Å²) in [4.78, 5) is 0. The van der Waals surface area contributed by atoms with Crippen LogP contribution in [0.1, 0.15) is 0 Å². The van der Waals surface area contributed by atoms with Crippen LogP contribution in [-0.4, -0.2) is 156 Å². The summed E-state index contributed by atoms with van der Waals surface area (Å²) in [5, 5.41) is 55.7. The van der Waals surface area contributed by atoms with Crippen LogP contribution in [0, 0.1) is 0 Å². The molecule has 2 fully saturated rings. The molecule has 0 saturated heterocycles. The van der Waals surface area contributed by atoms with Crippen molar-refractivity contribution in [3.63, 3.8) is 0 Å². The van der Waals surface area contributed by atoms with Crippen LogP contribution in [0.3, 0.4) is 0 Å². The van der Waals surface area contributed by atoms with Crippen molar-refractivity contribution in [3.05, 3.63) is 0 Å². The van der Waals surface area contributed by atoms with Crippen molar-refractivity contribution in [2.45, 2.75) is 72.9 Å². The first-order valence-corrected chi connectivity index (χ1v) is 13.8. The van der Waals surface area contributed by atoms with Crippen LogP contribution in [0.5, 0.6) is 0 Å². The first-order valence-electron chi connectivity index (χ1n) is 9.64. The second-order valence-corrected chi connectivity index (χ2v) is 10.4. The van der Waals surface area contributed by atoms with Crippen molar-refractivity contribution in [1.82, 2.24) is 0 Å². The van der Waals surface area contributed by atoms with Crippen LogP contribution in [0.2, 0.25) is 0 Å². The minimum atomic E-state index is -4.67. The number of aliphatic hydroxyl groups excluding tert-OH is 6. The van der Waals surface area contributed by atoms with E-state index in [-0.39, 0.29) is 0 Å². The molecule has 0 atom stereocenters. The number of rotatable bonds is 0. The average Bonchev–Trinajstić information content (AvgIpc) is 2.73. The van der Waals surface area contributed by atoms with Gasteiger partial charge in [0, 0.05) is 0 Å². The molecule has 0 aromatic rings. The van der Waals surface area contributed by atoms with E-state index >= 15 is 0 Å². The van der Waals surface area contributed by atoms with E-state index in [2.05, 4.69) is 0 Å². The number of nitrogens with two attached hydrogens (primary N) is 6. The van der Waals surface area contributed by atoms with Crippen LogP contribution in [0.15, 0.2) is 0 Å². The summed E-state index contributed by atoms with van der Waals surface area (Å²) < 4.78 is 94.8. The Morgan fingerprint density at radius 1 is 0.308 bits per heavy atom. The lowest BCUT2D eigenvalue weighted by atomic mass is 9.81. The van der Waals surface area contributed by atoms with Crippen LogP contribution < -0.4 is 34.4 Å². The molecular formula is C12H36N6O18S3. The van der Waals surface area contributed by atoms with Crippen molar-refractivity contribution in [3.8, 4) is 0 Å². The highest BCUT2D eigenvalue weighted by Gasteiger charge is 2.45. The second-order valence-electron chi connectivity index (χ2n) is 7.75. The van der Waals surface area contributed by atoms with Crippen molar-refractivity contribution in [1.29, 1.82) is 0 Å². The summed E-state index contributed by atoms with van der Waals surface area (Å²) >= 11 is 0. The third-order valence-electron chi connectivity index (χ3n) is 4.73. The standard InChI is InChI=1S/2C6H15N3O3.3H2O4S/c2*7-1-4(10)2(8)6(12)3(9)5(1)11;3*1-5(2,3)4/h2*1-6,10-12H,7-9H2;3*(H2,1,2,3,4). The molecule has 0 spiro atoms. The molecule has 0 aromatic heterocycles. The fourth-order valence-electron chi connectivity index (χ4n) is 2.75. The smallest absolute Gasteiger partial charge is 0.390 e. The number of aliphatic hydroxyl groups is 6. The van der Waals surface area contributed by atoms with Gasteiger partial charge in [-0.25, -0.2) is 0 Å². The Morgan fingerprint density at radius 2 is 0.359 bits per heavy atom. The van der Waals surface area contributed by atoms with Crippen molar-refractivity contribution < 1.29 is 83.2 Å². The molecule has 24 N–H and O–H groups in total. The Labute approximate surface area is 221 Å². The van der Waals surface area contributed by atoms with Gasteiger partial charge in [-0.1, -0.05) is 0 Å². The third kappa shape index (κ3) is 20.6. The molecule has 240 valence electrons. The Morgan fingerprint density at radius 3 is 0.410 bits per heavy atom. The van der Waals surface area contributed by atoms with E-state index in [0.29, 0.717) is 0 Å². The Kier molecular flexibility index (Phi) is 18.8. The molecule has 0 unspecified atom stereocenters. The van der Waals surface area contributed by atoms with Gasteiger partial charge in [0.1, 0.15) is 0 Å². The maximum atomic E-state index is 9.28. The Hall–Kier alpha value is -0.870. The highest BCUT2D eigenvalue weighted by molar-refractivity contribution is 7.80. The second kappa shape index (κ2) is 17.2. The van der Waals surface area contributed by atoms with E-state index in [1.807, 2.05) is 0 Å². The van der Waals surface area contributed by atoms with E-state index in [1.54, 1.807) is 0 Å². The summed E-state index contributed by atoms with van der Waals surface area (Å²) in [7, 11) is -14.0. The van der Waals surface area contributed by atoms with Gasteiger partial charge in [0.05, 0.1) is 72.9 Å². The Bertz CT molecular complexity index is 768. The molecule has 0 aliphatic heterocycles. The van der Waals surface area contributed by atoms with Gasteiger partial charge < -0.3 is 65.0 Å². The topological polar surface area (TPSA) is 501 Å². The van der Waals surface area contributed by atoms with E-state index in [9.17, 15) is 30.6 Å². The van der Waals surface area contributed by atoms with Gasteiger partial charge in [-0.15, -0.1) is 0 Å². The average molecular weight is 649 g/mol. The lowest BCUT2D eigenvalue weighted by Gasteiger charge is -2.41. The fraction of sp³-hybridized carbons (Fsp3) is 1.00. The molecule has 27 heteroatoms. The first kappa shape index (κ1) is 42.6. The molecule has 0 radical (unpaired) electrons. The van der Waals surface area contributed by atoms with Gasteiger partial charge in [-0.05, 0) is 0 Å². The van der Waals surface area contributed by atoms with E-state index in [0.717, 1.165) is 0 Å². The normalized spacial score (nSPS) is 38.6. The molecule has 0 bridgehead atoms. The zero-order valence-electron chi connectivity index (χ0n) is 19.4. The summed E-state index contributed by atoms with van der Waals surface area (Å²) in [6.45, 7) is 0. The van der Waals surface area contributed by atoms with Gasteiger partial charge >= 0.3 is 31.2 Å². The molecule has 39 heavy (non-hydrogen) atoms. The number of hydrogen-bond acceptors (Lipinski definition) is 18. The highest BCUT2D eigenvalue weighted by Crippen LogP contribution is 2.17. The summed E-state index contributed by atoms with van der Waals surface area (Å²) in [5.74, 6) is 0. The highest BCUT2D eigenvalue weighted by atomic mass is 32.3. The predicted molar refractivity (Wildman–Crippen MR) is 126 cm³/mol. The zero-order chi connectivity index (χ0) is 32.4. The molecule has 2 aliphatic rings. The summed E-state index contributed by atoms with van der Waals surface area (Å²) in [6.07, 6.45) is -6.70. The molecule has 0 amide bonds. The van der Waals surface area contributed by atoms with Crippen molar-refractivity contribution in [2.75, 3.05) is 0 Å². The van der Waals surface area contributed by atoms with E-state index < -0.39 is 104 Å². The summed E-state index contributed by atoms with van der Waals surface area (Å²) in [5.41, 5.74) is 32.4. The molecule has 0 heterocycles. The maximum absolute atomic E-state index is 9.28. The van der Waals surface area contributed by atoms with Gasteiger partial charge in [-0.2, -0.15) is 25.3 Å². The first-order chi connectivity index (χ1) is 16.9. The van der Waals surface area contributed by atoms with E-state index in [1.165, 1.54) is 0 Å². The van der Waals surface area contributed by atoms with Gasteiger partial charge in [-0.3, -0.25) is 27.3 Å². The summed E-state index contributed by atoms with van der Waals surface area (Å²) in [6, 6.07) is -5.34. The van der Waals surface area contributed by atoms with Crippen LogP contribution in [0.4, 0.5) is 0 Å². The monoisotopic (exact) mass is 648 g/mol. The molecule has 0 aromatic carbocycles. The predicted octanol–water partition coefficient (Wildman–Crippen LogP) is -9.83. The molecule has 2 rings (SSSR count).